The molecule has 0 spiro atoms. The van der Waals surface area contributed by atoms with Crippen LogP contribution < -0.4 is 11.5 Å². The van der Waals surface area contributed by atoms with Crippen LogP contribution in [-0.2, 0) is 4.79 Å². The van der Waals surface area contributed by atoms with Gasteiger partial charge in [-0.05, 0) is 24.8 Å². The third-order valence-electron chi connectivity index (χ3n) is 3.87. The quantitative estimate of drug-likeness (QED) is 0.815. The van der Waals surface area contributed by atoms with E-state index in [1.807, 2.05) is 35.2 Å². The standard InChI is InChI=1S/C16H20N6OS/c17-14-19-15(18)21-16(20-14)24-12(11-7-3-1-4-8-11)13(23)22-9-5-2-6-10-22/h1,3-4,7-8,12H,2,5-6,9-10H2,(H4,17,18,19,20,21). The summed E-state index contributed by atoms with van der Waals surface area (Å²) in [5, 5.41) is -0.0651. The zero-order valence-electron chi connectivity index (χ0n) is 13.3. The molecule has 7 nitrogen and oxygen atoms in total. The van der Waals surface area contributed by atoms with Gasteiger partial charge in [0.15, 0.2) is 5.16 Å². The largest absolute Gasteiger partial charge is 0.368 e. The number of thioether (sulfide) groups is 1. The molecule has 1 aliphatic rings. The molecule has 1 aromatic heterocycles. The van der Waals surface area contributed by atoms with Crippen LogP contribution in [0.5, 0.6) is 0 Å². The highest BCUT2D eigenvalue weighted by molar-refractivity contribution is 8.00. The molecule has 1 unspecified atom stereocenters. The van der Waals surface area contributed by atoms with E-state index in [9.17, 15) is 4.79 Å². The van der Waals surface area contributed by atoms with Crippen molar-refractivity contribution in [2.45, 2.75) is 29.7 Å². The lowest BCUT2D eigenvalue weighted by Crippen LogP contribution is -2.38. The molecule has 3 rings (SSSR count). The van der Waals surface area contributed by atoms with Gasteiger partial charge in [0.05, 0.1) is 0 Å². The van der Waals surface area contributed by atoms with Gasteiger partial charge in [-0.2, -0.15) is 15.0 Å². The molecule has 1 atom stereocenters. The van der Waals surface area contributed by atoms with Crippen molar-refractivity contribution in [1.29, 1.82) is 0 Å². The van der Waals surface area contributed by atoms with E-state index in [2.05, 4.69) is 15.0 Å². The summed E-state index contributed by atoms with van der Waals surface area (Å²) in [4.78, 5) is 26.9. The minimum absolute atomic E-state index is 0.0576. The lowest BCUT2D eigenvalue weighted by molar-refractivity contribution is -0.131. The van der Waals surface area contributed by atoms with Crippen LogP contribution in [0.15, 0.2) is 35.5 Å². The van der Waals surface area contributed by atoms with E-state index in [0.29, 0.717) is 5.16 Å². The van der Waals surface area contributed by atoms with Gasteiger partial charge in [0.1, 0.15) is 5.25 Å². The Bertz CT molecular complexity index is 685. The van der Waals surface area contributed by atoms with Gasteiger partial charge in [0, 0.05) is 13.1 Å². The summed E-state index contributed by atoms with van der Waals surface area (Å²) < 4.78 is 0. The Hall–Kier alpha value is -2.35. The summed E-state index contributed by atoms with van der Waals surface area (Å²) in [6.45, 7) is 1.59. The number of hydrogen-bond acceptors (Lipinski definition) is 7. The number of likely N-dealkylation sites (tertiary alicyclic amines) is 1. The Labute approximate surface area is 144 Å². The molecule has 2 aromatic rings. The van der Waals surface area contributed by atoms with E-state index >= 15 is 0 Å². The van der Waals surface area contributed by atoms with Crippen molar-refractivity contribution in [3.63, 3.8) is 0 Å². The lowest BCUT2D eigenvalue weighted by Gasteiger charge is -2.30. The normalized spacial score (nSPS) is 15.9. The summed E-state index contributed by atoms with van der Waals surface area (Å²) in [6, 6.07) is 9.64. The lowest BCUT2D eigenvalue weighted by atomic mass is 10.1. The Morgan fingerprint density at radius 2 is 1.62 bits per heavy atom. The second-order valence-electron chi connectivity index (χ2n) is 5.63. The first-order valence-electron chi connectivity index (χ1n) is 7.91. The minimum Gasteiger partial charge on any atom is -0.368 e. The number of anilines is 2. The van der Waals surface area contributed by atoms with Gasteiger partial charge < -0.3 is 16.4 Å². The summed E-state index contributed by atoms with van der Waals surface area (Å²) in [7, 11) is 0. The molecule has 1 aliphatic heterocycles. The van der Waals surface area contributed by atoms with Crippen molar-refractivity contribution in [3.8, 4) is 0 Å². The van der Waals surface area contributed by atoms with Crippen LogP contribution in [0.4, 0.5) is 11.9 Å². The van der Waals surface area contributed by atoms with Crippen LogP contribution in [-0.4, -0.2) is 38.8 Å². The van der Waals surface area contributed by atoms with Gasteiger partial charge in [-0.1, -0.05) is 42.1 Å². The van der Waals surface area contributed by atoms with E-state index < -0.39 is 5.25 Å². The fourth-order valence-corrected chi connectivity index (χ4v) is 3.76. The van der Waals surface area contributed by atoms with Crippen molar-refractivity contribution in [2.75, 3.05) is 24.6 Å². The number of nitrogens with zero attached hydrogens (tertiary/aromatic N) is 4. The Kier molecular flexibility index (Phi) is 5.14. The van der Waals surface area contributed by atoms with Crippen LogP contribution in [0.2, 0.25) is 0 Å². The highest BCUT2D eigenvalue weighted by Crippen LogP contribution is 2.35. The Morgan fingerprint density at radius 3 is 2.25 bits per heavy atom. The molecule has 1 aromatic carbocycles. The van der Waals surface area contributed by atoms with Gasteiger partial charge in [0.2, 0.25) is 17.8 Å². The predicted octanol–water partition coefficient (Wildman–Crippen LogP) is 1.88. The topological polar surface area (TPSA) is 111 Å². The van der Waals surface area contributed by atoms with Crippen LogP contribution in [0.1, 0.15) is 30.1 Å². The molecule has 8 heteroatoms. The fraction of sp³-hybridized carbons (Fsp3) is 0.375. The van der Waals surface area contributed by atoms with Gasteiger partial charge >= 0.3 is 0 Å². The maximum Gasteiger partial charge on any atom is 0.240 e. The van der Waals surface area contributed by atoms with Crippen molar-refractivity contribution in [1.82, 2.24) is 19.9 Å². The Morgan fingerprint density at radius 1 is 1.00 bits per heavy atom. The molecular weight excluding hydrogens is 324 g/mol. The van der Waals surface area contributed by atoms with Crippen LogP contribution in [0.25, 0.3) is 0 Å². The van der Waals surface area contributed by atoms with Crippen molar-refractivity contribution < 1.29 is 4.79 Å². The molecule has 1 fully saturated rings. The number of aromatic nitrogens is 3. The summed E-state index contributed by atoms with van der Waals surface area (Å²) in [5.74, 6) is 0.188. The average Bonchev–Trinajstić information content (AvgIpc) is 2.60. The smallest absolute Gasteiger partial charge is 0.240 e. The zero-order valence-corrected chi connectivity index (χ0v) is 14.1. The van der Waals surface area contributed by atoms with Gasteiger partial charge in [0.25, 0.3) is 0 Å². The monoisotopic (exact) mass is 344 g/mol. The second-order valence-corrected chi connectivity index (χ2v) is 6.70. The highest BCUT2D eigenvalue weighted by Gasteiger charge is 2.29. The first-order valence-corrected chi connectivity index (χ1v) is 8.79. The van der Waals surface area contributed by atoms with E-state index in [-0.39, 0.29) is 17.8 Å². The zero-order chi connectivity index (χ0) is 16.9. The molecule has 0 radical (unpaired) electrons. The third-order valence-corrected chi connectivity index (χ3v) is 4.97. The number of carbonyl (C=O) groups excluding carboxylic acids is 1. The van der Waals surface area contributed by atoms with E-state index in [1.54, 1.807) is 0 Å². The maximum atomic E-state index is 13.0. The molecular formula is C16H20N6OS. The number of nitrogens with two attached hydrogens (primary N) is 2. The molecule has 0 bridgehead atoms. The average molecular weight is 344 g/mol. The fourth-order valence-electron chi connectivity index (χ4n) is 2.72. The molecule has 0 aliphatic carbocycles. The predicted molar refractivity (Wildman–Crippen MR) is 94.1 cm³/mol. The Balaban J connectivity index is 1.88. The highest BCUT2D eigenvalue weighted by atomic mass is 32.2. The van der Waals surface area contributed by atoms with Crippen molar-refractivity contribution >= 4 is 29.6 Å². The number of piperidine rings is 1. The van der Waals surface area contributed by atoms with Crippen LogP contribution in [0, 0.1) is 0 Å². The molecule has 24 heavy (non-hydrogen) atoms. The van der Waals surface area contributed by atoms with Gasteiger partial charge in [-0.25, -0.2) is 0 Å². The molecule has 1 saturated heterocycles. The molecule has 126 valence electrons. The number of hydrogen-bond donors (Lipinski definition) is 2. The first kappa shape index (κ1) is 16.5. The number of rotatable bonds is 4. The summed E-state index contributed by atoms with van der Waals surface area (Å²) in [6.07, 6.45) is 3.26. The first-order chi connectivity index (χ1) is 11.6. The second kappa shape index (κ2) is 7.48. The summed E-state index contributed by atoms with van der Waals surface area (Å²) >= 11 is 1.26. The number of amides is 1. The van der Waals surface area contributed by atoms with Gasteiger partial charge in [-0.15, -0.1) is 0 Å². The van der Waals surface area contributed by atoms with Gasteiger partial charge in [-0.3, -0.25) is 4.79 Å². The number of nitrogen functional groups attached to an aromatic ring is 2. The molecule has 0 saturated carbocycles. The summed E-state index contributed by atoms with van der Waals surface area (Å²) in [5.41, 5.74) is 12.2. The van der Waals surface area contributed by atoms with Crippen LogP contribution >= 0.6 is 11.8 Å². The number of carbonyl (C=O) groups is 1. The van der Waals surface area contributed by atoms with Crippen molar-refractivity contribution in [3.05, 3.63) is 35.9 Å². The van der Waals surface area contributed by atoms with Crippen LogP contribution in [0.3, 0.4) is 0 Å². The SMILES string of the molecule is Nc1nc(N)nc(SC(C(=O)N2CCCCC2)c2ccccc2)n1. The third kappa shape index (κ3) is 3.94. The van der Waals surface area contributed by atoms with Crippen molar-refractivity contribution in [2.24, 2.45) is 0 Å². The van der Waals surface area contributed by atoms with E-state index in [4.69, 9.17) is 11.5 Å². The molecule has 1 amide bonds. The maximum absolute atomic E-state index is 13.0. The molecule has 4 N–H and O–H groups in total. The number of benzene rings is 1. The minimum atomic E-state index is -0.425. The molecule has 2 heterocycles. The van der Waals surface area contributed by atoms with E-state index in [1.165, 1.54) is 18.2 Å². The van der Waals surface area contributed by atoms with E-state index in [0.717, 1.165) is 31.5 Å².